The average molecular weight is 205 g/mol. The van der Waals surface area contributed by atoms with Crippen LogP contribution in [0, 0.1) is 0 Å². The molecule has 62 valence electrons. The van der Waals surface area contributed by atoms with E-state index in [1.165, 1.54) is 0 Å². The molecule has 0 aromatic heterocycles. The Hall–Kier alpha value is 0.530. The lowest BCUT2D eigenvalue weighted by Crippen LogP contribution is -2.13. The number of alkyl halides is 2. The summed E-state index contributed by atoms with van der Waals surface area (Å²) in [6.07, 6.45) is 0.880. The minimum absolute atomic E-state index is 0.0656. The van der Waals surface area contributed by atoms with Crippen LogP contribution >= 0.6 is 23.2 Å². The van der Waals surface area contributed by atoms with E-state index in [-0.39, 0.29) is 5.75 Å². The third kappa shape index (κ3) is 5.33. The predicted octanol–water partition coefficient (Wildman–Crippen LogP) is 1.57. The Balaban J connectivity index is 3.67. The lowest BCUT2D eigenvalue weighted by molar-refractivity contribution is 0.606. The van der Waals surface area contributed by atoms with E-state index >= 15 is 0 Å². The van der Waals surface area contributed by atoms with E-state index in [9.17, 15) is 8.42 Å². The second-order valence-electron chi connectivity index (χ2n) is 2.02. The number of rotatable bonds is 4. The largest absolute Gasteiger partial charge is 0.232 e. The fourth-order valence-electron chi connectivity index (χ4n) is 0.432. The summed E-state index contributed by atoms with van der Waals surface area (Å²) >= 11 is 11.3. The van der Waals surface area contributed by atoms with Crippen LogP contribution in [0.3, 0.4) is 0 Å². The van der Waals surface area contributed by atoms with Crippen LogP contribution in [0.25, 0.3) is 0 Å². The van der Waals surface area contributed by atoms with Gasteiger partial charge in [0.05, 0.1) is 5.75 Å². The highest BCUT2D eigenvalue weighted by Crippen LogP contribution is 2.28. The fourth-order valence-corrected chi connectivity index (χ4v) is 1.45. The Kier molecular flexibility index (Phi) is 4.65. The maximum Gasteiger partial charge on any atom is 0.140 e. The zero-order chi connectivity index (χ0) is 8.20. The van der Waals surface area contributed by atoms with Crippen molar-refractivity contribution >= 4 is 33.9 Å². The van der Waals surface area contributed by atoms with Gasteiger partial charge in [0.25, 0.3) is 0 Å². The summed E-state index contributed by atoms with van der Waals surface area (Å²) in [4.78, 5) is 0. The summed E-state index contributed by atoms with van der Waals surface area (Å²) in [7, 11) is -2.34. The van der Waals surface area contributed by atoms with Crippen molar-refractivity contribution in [2.24, 2.45) is 0 Å². The highest BCUT2D eigenvalue weighted by Gasteiger charge is 2.20. The third-order valence-electron chi connectivity index (χ3n) is 1.18. The summed E-state index contributed by atoms with van der Waals surface area (Å²) in [5.41, 5.74) is 0. The van der Waals surface area contributed by atoms with Gasteiger partial charge in [-0.2, -0.15) is 0 Å². The van der Waals surface area contributed by atoms with Crippen molar-refractivity contribution in [1.82, 2.24) is 0 Å². The van der Waals surface area contributed by atoms with Gasteiger partial charge in [0.1, 0.15) is 15.0 Å². The summed E-state index contributed by atoms with van der Waals surface area (Å²) < 4.78 is 19.3. The molecule has 0 rings (SSSR count). The molecule has 0 bridgehead atoms. The second-order valence-corrected chi connectivity index (χ2v) is 4.77. The number of hydrogen-bond donors (Lipinski definition) is 1. The first-order valence-electron chi connectivity index (χ1n) is 2.97. The van der Waals surface area contributed by atoms with Crippen LogP contribution in [-0.2, 0) is 10.7 Å². The molecule has 0 aliphatic carbocycles. The second kappa shape index (κ2) is 4.42. The van der Waals surface area contributed by atoms with Crippen molar-refractivity contribution in [1.29, 1.82) is 0 Å². The molecule has 0 aliphatic heterocycles. The maximum absolute atomic E-state index is 10.1. The highest BCUT2D eigenvalue weighted by atomic mass is 35.5. The van der Waals surface area contributed by atoms with Gasteiger partial charge in [0, 0.05) is 0 Å². The van der Waals surface area contributed by atoms with E-state index in [1.807, 2.05) is 6.92 Å². The Morgan fingerprint density at radius 3 is 2.20 bits per heavy atom. The molecule has 0 aromatic rings. The molecule has 10 heavy (non-hydrogen) atoms. The van der Waals surface area contributed by atoms with Crippen LogP contribution in [-0.4, -0.2) is 18.5 Å². The molecule has 0 amide bonds. The Labute approximate surface area is 72.5 Å². The molecular weight excluding hydrogens is 195 g/mol. The molecule has 0 spiro atoms. The van der Waals surface area contributed by atoms with E-state index in [4.69, 9.17) is 23.2 Å². The minimum atomic E-state index is -2.34. The van der Waals surface area contributed by atoms with E-state index in [2.05, 4.69) is 0 Å². The van der Waals surface area contributed by atoms with Crippen LogP contribution in [0.2, 0.25) is 0 Å². The average Bonchev–Trinajstić information content (AvgIpc) is 1.85. The van der Waals surface area contributed by atoms with Crippen molar-refractivity contribution in [3.05, 3.63) is 0 Å². The molecule has 0 fully saturated rings. The van der Waals surface area contributed by atoms with E-state index in [0.29, 0.717) is 12.8 Å². The molecule has 0 aliphatic rings. The highest BCUT2D eigenvalue weighted by molar-refractivity contribution is 7.72. The van der Waals surface area contributed by atoms with Crippen LogP contribution in [0.15, 0.2) is 0 Å². The third-order valence-corrected chi connectivity index (χ3v) is 2.68. The molecule has 0 aromatic carbocycles. The quantitative estimate of drug-likeness (QED) is 0.558. The molecule has 0 saturated carbocycles. The lowest BCUT2D eigenvalue weighted by Gasteiger charge is -2.14. The Morgan fingerprint density at radius 2 is 1.90 bits per heavy atom. The van der Waals surface area contributed by atoms with Crippen molar-refractivity contribution in [2.75, 3.05) is 5.75 Å². The lowest BCUT2D eigenvalue weighted by atomic mass is 10.2. The molecule has 0 N–H and O–H groups in total. The van der Waals surface area contributed by atoms with Crippen LogP contribution < -0.4 is 0 Å². The van der Waals surface area contributed by atoms with Crippen molar-refractivity contribution in [2.45, 2.75) is 24.1 Å². The van der Waals surface area contributed by atoms with Gasteiger partial charge >= 0.3 is 0 Å². The van der Waals surface area contributed by atoms with E-state index in [1.54, 1.807) is 0 Å². The normalized spacial score (nSPS) is 12.4. The minimum Gasteiger partial charge on any atom is -0.232 e. The van der Waals surface area contributed by atoms with Crippen molar-refractivity contribution in [3.8, 4) is 0 Å². The van der Waals surface area contributed by atoms with E-state index < -0.39 is 15.0 Å². The first-order valence-corrected chi connectivity index (χ1v) is 5.09. The van der Waals surface area contributed by atoms with Gasteiger partial charge in [-0.1, -0.05) is 6.92 Å². The summed E-state index contributed by atoms with van der Waals surface area (Å²) in [6, 6.07) is 0. The van der Waals surface area contributed by atoms with Gasteiger partial charge in [-0.3, -0.25) is 0 Å². The molecule has 2 nitrogen and oxygen atoms in total. The Bertz CT molecular complexity index is 157. The smallest absolute Gasteiger partial charge is 0.140 e. The molecule has 0 atom stereocenters. The monoisotopic (exact) mass is 204 g/mol. The van der Waals surface area contributed by atoms with Crippen LogP contribution in [0.5, 0.6) is 0 Å². The van der Waals surface area contributed by atoms with Gasteiger partial charge in [0.15, 0.2) is 0 Å². The number of hydrogen-bond acceptors (Lipinski definition) is 2. The van der Waals surface area contributed by atoms with Gasteiger partial charge in [-0.05, 0) is 12.8 Å². The molecule has 0 saturated heterocycles. The summed E-state index contributed by atoms with van der Waals surface area (Å²) in [6.45, 7) is 1.82. The SMILES string of the molecule is CCC(Cl)(Cl)CC[SH](=O)=O. The van der Waals surface area contributed by atoms with Crippen molar-refractivity contribution < 1.29 is 8.42 Å². The predicted molar refractivity (Wildman–Crippen MR) is 44.5 cm³/mol. The molecule has 0 heterocycles. The van der Waals surface area contributed by atoms with Gasteiger partial charge in [0.2, 0.25) is 0 Å². The zero-order valence-electron chi connectivity index (χ0n) is 5.64. The molecule has 5 heteroatoms. The van der Waals surface area contributed by atoms with Crippen LogP contribution in [0.1, 0.15) is 19.8 Å². The number of thiol groups is 1. The molecular formula is C5H10Cl2O2S. The topological polar surface area (TPSA) is 34.1 Å². The van der Waals surface area contributed by atoms with Gasteiger partial charge in [-0.15, -0.1) is 23.2 Å². The standard InChI is InChI=1S/C5H10Cl2O2S/c1-2-5(6,7)3-4-10(8)9/h10H,2-4H2,1H3. The van der Waals surface area contributed by atoms with Crippen LogP contribution in [0.4, 0.5) is 0 Å². The van der Waals surface area contributed by atoms with Gasteiger partial charge < -0.3 is 0 Å². The first kappa shape index (κ1) is 10.5. The fraction of sp³-hybridized carbons (Fsp3) is 1.00. The molecule has 0 radical (unpaired) electrons. The van der Waals surface area contributed by atoms with Crippen molar-refractivity contribution in [3.63, 3.8) is 0 Å². The summed E-state index contributed by atoms with van der Waals surface area (Å²) in [5.74, 6) is 0.0656. The van der Waals surface area contributed by atoms with Gasteiger partial charge in [-0.25, -0.2) is 8.42 Å². The summed E-state index contributed by atoms with van der Waals surface area (Å²) in [5, 5.41) is 0. The molecule has 0 unspecified atom stereocenters. The zero-order valence-corrected chi connectivity index (χ0v) is 8.05. The van der Waals surface area contributed by atoms with E-state index in [0.717, 1.165) is 0 Å². The first-order chi connectivity index (χ1) is 4.48. The Morgan fingerprint density at radius 1 is 1.40 bits per heavy atom. The number of halogens is 2. The maximum atomic E-state index is 10.1.